The largest absolute Gasteiger partial charge is 0.478 e. The van der Waals surface area contributed by atoms with E-state index in [0.29, 0.717) is 12.2 Å². The molecular weight excluding hydrogens is 212 g/mol. The molecule has 0 aliphatic rings. The van der Waals surface area contributed by atoms with E-state index in [-0.39, 0.29) is 0 Å². The lowest BCUT2D eigenvalue weighted by molar-refractivity contribution is 0.0699. The summed E-state index contributed by atoms with van der Waals surface area (Å²) in [5.74, 6) is -0.887. The van der Waals surface area contributed by atoms with E-state index in [1.54, 1.807) is 30.6 Å². The molecule has 0 radical (unpaired) electrons. The topological polar surface area (TPSA) is 46.5 Å². The summed E-state index contributed by atoms with van der Waals surface area (Å²) in [4.78, 5) is 12.0. The Morgan fingerprint density at radius 1 is 1.53 bits per heavy atom. The first-order chi connectivity index (χ1) is 7.22. The zero-order chi connectivity index (χ0) is 10.8. The van der Waals surface area contributed by atoms with Gasteiger partial charge in [0.05, 0.1) is 12.2 Å². The molecule has 0 atom stereocenters. The number of hydrogen-bond acceptors (Lipinski definition) is 3. The predicted molar refractivity (Wildman–Crippen MR) is 59.5 cm³/mol. The lowest BCUT2D eigenvalue weighted by Gasteiger charge is -1.94. The molecule has 0 unspecified atom stereocenters. The van der Waals surface area contributed by atoms with Crippen LogP contribution >= 0.6 is 11.3 Å². The van der Waals surface area contributed by atoms with Crippen molar-refractivity contribution in [3.05, 3.63) is 34.7 Å². The molecule has 0 spiro atoms. The van der Waals surface area contributed by atoms with Crippen LogP contribution in [-0.2, 0) is 11.3 Å². The lowest BCUT2D eigenvalue weighted by atomic mass is 10.1. The maximum absolute atomic E-state index is 11.0. The van der Waals surface area contributed by atoms with E-state index in [4.69, 9.17) is 9.84 Å². The van der Waals surface area contributed by atoms with Crippen LogP contribution in [-0.4, -0.2) is 18.2 Å². The van der Waals surface area contributed by atoms with Crippen molar-refractivity contribution in [3.63, 3.8) is 0 Å². The van der Waals surface area contributed by atoms with Crippen molar-refractivity contribution in [1.82, 2.24) is 0 Å². The van der Waals surface area contributed by atoms with E-state index >= 15 is 0 Å². The first-order valence-corrected chi connectivity index (χ1v) is 5.27. The summed E-state index contributed by atoms with van der Waals surface area (Å²) < 4.78 is 6.01. The van der Waals surface area contributed by atoms with Crippen molar-refractivity contribution in [2.24, 2.45) is 0 Å². The number of rotatable bonds is 3. The number of benzene rings is 1. The standard InChI is InChI=1S/C11H10O3S/c1-14-6-7-5-9-8(11(12)13)3-2-4-10(9)15-7/h2-5H,6H2,1H3,(H,12,13). The molecule has 0 saturated heterocycles. The maximum Gasteiger partial charge on any atom is 0.336 e. The normalized spacial score (nSPS) is 10.7. The molecule has 0 aliphatic heterocycles. The van der Waals surface area contributed by atoms with Gasteiger partial charge in [0.15, 0.2) is 0 Å². The highest BCUT2D eigenvalue weighted by molar-refractivity contribution is 7.19. The van der Waals surface area contributed by atoms with Gasteiger partial charge in [0, 0.05) is 22.1 Å². The SMILES string of the molecule is COCc1cc2c(C(=O)O)cccc2s1. The Bertz CT molecular complexity index is 502. The smallest absolute Gasteiger partial charge is 0.336 e. The van der Waals surface area contributed by atoms with Gasteiger partial charge in [-0.1, -0.05) is 6.07 Å². The summed E-state index contributed by atoms with van der Waals surface area (Å²) in [6, 6.07) is 7.19. The number of hydrogen-bond donors (Lipinski definition) is 1. The summed E-state index contributed by atoms with van der Waals surface area (Å²) in [5.41, 5.74) is 0.353. The number of carboxylic acids is 1. The third-order valence-corrected chi connectivity index (χ3v) is 3.20. The van der Waals surface area contributed by atoms with Crippen LogP contribution in [0.25, 0.3) is 10.1 Å². The van der Waals surface area contributed by atoms with E-state index in [1.807, 2.05) is 12.1 Å². The fourth-order valence-corrected chi connectivity index (χ4v) is 2.57. The minimum absolute atomic E-state index is 0.353. The average Bonchev–Trinajstić information content (AvgIpc) is 2.59. The van der Waals surface area contributed by atoms with Crippen LogP contribution in [0.5, 0.6) is 0 Å². The number of thiophene rings is 1. The third kappa shape index (κ3) is 1.86. The third-order valence-electron chi connectivity index (χ3n) is 2.13. The number of ether oxygens (including phenoxy) is 1. The minimum Gasteiger partial charge on any atom is -0.478 e. The second-order valence-electron chi connectivity index (χ2n) is 3.17. The molecule has 0 fully saturated rings. The summed E-state index contributed by atoms with van der Waals surface area (Å²) in [7, 11) is 1.63. The Morgan fingerprint density at radius 3 is 3.00 bits per heavy atom. The molecule has 0 amide bonds. The highest BCUT2D eigenvalue weighted by atomic mass is 32.1. The van der Waals surface area contributed by atoms with Gasteiger partial charge in [0.25, 0.3) is 0 Å². The zero-order valence-corrected chi connectivity index (χ0v) is 9.00. The van der Waals surface area contributed by atoms with E-state index in [1.165, 1.54) is 0 Å². The van der Waals surface area contributed by atoms with Gasteiger partial charge in [-0.15, -0.1) is 11.3 Å². The number of methoxy groups -OCH3 is 1. The fraction of sp³-hybridized carbons (Fsp3) is 0.182. The average molecular weight is 222 g/mol. The van der Waals surface area contributed by atoms with Gasteiger partial charge in [0.2, 0.25) is 0 Å². The van der Waals surface area contributed by atoms with Crippen LogP contribution in [0.4, 0.5) is 0 Å². The van der Waals surface area contributed by atoms with Crippen LogP contribution in [0.3, 0.4) is 0 Å². The summed E-state index contributed by atoms with van der Waals surface area (Å²) in [6.45, 7) is 0.526. The van der Waals surface area contributed by atoms with Crippen molar-refractivity contribution in [1.29, 1.82) is 0 Å². The summed E-state index contributed by atoms with van der Waals surface area (Å²) >= 11 is 1.57. The van der Waals surface area contributed by atoms with Crippen molar-refractivity contribution in [3.8, 4) is 0 Å². The molecule has 1 N–H and O–H groups in total. The Balaban J connectivity index is 2.59. The quantitative estimate of drug-likeness (QED) is 0.868. The van der Waals surface area contributed by atoms with Gasteiger partial charge in [-0.3, -0.25) is 0 Å². The van der Waals surface area contributed by atoms with Crippen molar-refractivity contribution in [2.75, 3.05) is 7.11 Å². The molecule has 3 nitrogen and oxygen atoms in total. The second-order valence-corrected chi connectivity index (χ2v) is 4.34. The number of fused-ring (bicyclic) bond motifs is 1. The molecular formula is C11H10O3S. The maximum atomic E-state index is 11.0. The first-order valence-electron chi connectivity index (χ1n) is 4.46. The molecule has 78 valence electrons. The molecule has 1 aromatic heterocycles. The molecule has 0 aliphatic carbocycles. The van der Waals surface area contributed by atoms with Gasteiger partial charge in [-0.05, 0) is 18.2 Å². The highest BCUT2D eigenvalue weighted by Gasteiger charge is 2.10. The van der Waals surface area contributed by atoms with Gasteiger partial charge in [-0.2, -0.15) is 0 Å². The van der Waals surface area contributed by atoms with Crippen LogP contribution in [0.15, 0.2) is 24.3 Å². The number of aromatic carboxylic acids is 1. The number of carbonyl (C=O) groups is 1. The predicted octanol–water partition coefficient (Wildman–Crippen LogP) is 2.75. The van der Waals surface area contributed by atoms with Crippen LogP contribution in [0, 0.1) is 0 Å². The summed E-state index contributed by atoms with van der Waals surface area (Å²) in [5, 5.41) is 9.79. The molecule has 15 heavy (non-hydrogen) atoms. The Kier molecular flexibility index (Phi) is 2.70. The minimum atomic E-state index is -0.887. The Labute approximate surface area is 90.9 Å². The van der Waals surface area contributed by atoms with Crippen LogP contribution in [0.1, 0.15) is 15.2 Å². The van der Waals surface area contributed by atoms with Gasteiger partial charge in [-0.25, -0.2) is 4.79 Å². The fourth-order valence-electron chi connectivity index (χ4n) is 1.51. The van der Waals surface area contributed by atoms with Crippen molar-refractivity contribution < 1.29 is 14.6 Å². The zero-order valence-electron chi connectivity index (χ0n) is 8.19. The number of carboxylic acid groups (broad SMARTS) is 1. The lowest BCUT2D eigenvalue weighted by Crippen LogP contribution is -1.95. The molecule has 4 heteroatoms. The summed E-state index contributed by atoms with van der Waals surface area (Å²) in [6.07, 6.45) is 0. The molecule has 0 bridgehead atoms. The van der Waals surface area contributed by atoms with Gasteiger partial charge < -0.3 is 9.84 Å². The second kappa shape index (κ2) is 4.00. The van der Waals surface area contributed by atoms with E-state index < -0.39 is 5.97 Å². The molecule has 2 rings (SSSR count). The Morgan fingerprint density at radius 2 is 2.33 bits per heavy atom. The Hall–Kier alpha value is -1.39. The first kappa shape index (κ1) is 10.1. The molecule has 2 aromatic rings. The van der Waals surface area contributed by atoms with E-state index in [9.17, 15) is 4.79 Å². The van der Waals surface area contributed by atoms with Gasteiger partial charge in [0.1, 0.15) is 0 Å². The molecule has 1 heterocycles. The monoisotopic (exact) mass is 222 g/mol. The van der Waals surface area contributed by atoms with Crippen molar-refractivity contribution >= 4 is 27.4 Å². The molecule has 1 aromatic carbocycles. The van der Waals surface area contributed by atoms with E-state index in [0.717, 1.165) is 15.0 Å². The van der Waals surface area contributed by atoms with Crippen LogP contribution < -0.4 is 0 Å². The van der Waals surface area contributed by atoms with E-state index in [2.05, 4.69) is 0 Å². The van der Waals surface area contributed by atoms with Gasteiger partial charge >= 0.3 is 5.97 Å². The van der Waals surface area contributed by atoms with Crippen LogP contribution in [0.2, 0.25) is 0 Å². The van der Waals surface area contributed by atoms with Crippen molar-refractivity contribution in [2.45, 2.75) is 6.61 Å². The molecule has 0 saturated carbocycles. The highest BCUT2D eigenvalue weighted by Crippen LogP contribution is 2.28.